The molecule has 170 valence electrons. The first kappa shape index (κ1) is 23.1. The lowest BCUT2D eigenvalue weighted by molar-refractivity contribution is 0.0975. The van der Waals surface area contributed by atoms with E-state index in [0.29, 0.717) is 16.8 Å². The second kappa shape index (κ2) is 9.84. The minimum absolute atomic E-state index is 0.0399. The second-order valence-corrected chi connectivity index (χ2v) is 8.81. The Kier molecular flexibility index (Phi) is 6.70. The molecule has 1 atom stereocenters. The lowest BCUT2D eigenvalue weighted by atomic mass is 9.90. The van der Waals surface area contributed by atoms with Crippen molar-refractivity contribution in [1.82, 2.24) is 5.16 Å². The number of hydrogen-bond donors (Lipinski definition) is 0. The smallest absolute Gasteiger partial charge is 0.163 e. The van der Waals surface area contributed by atoms with Gasteiger partial charge in [-0.15, -0.1) is 0 Å². The molecule has 0 amide bonds. The molecule has 1 heterocycles. The van der Waals surface area contributed by atoms with Gasteiger partial charge in [0.15, 0.2) is 5.78 Å². The summed E-state index contributed by atoms with van der Waals surface area (Å²) < 4.78 is 18.8. The summed E-state index contributed by atoms with van der Waals surface area (Å²) in [5.74, 6) is 0.523. The summed E-state index contributed by atoms with van der Waals surface area (Å²) in [6.45, 7) is 6.00. The summed E-state index contributed by atoms with van der Waals surface area (Å²) in [5, 5.41) is 13.8. The Morgan fingerprint density at radius 2 is 1.71 bits per heavy atom. The van der Waals surface area contributed by atoms with E-state index < -0.39 is 0 Å². The van der Waals surface area contributed by atoms with Crippen molar-refractivity contribution < 1.29 is 13.7 Å². The Bertz CT molecular complexity index is 1360. The minimum atomic E-state index is -0.302. The Morgan fingerprint density at radius 1 is 1.00 bits per heavy atom. The van der Waals surface area contributed by atoms with E-state index >= 15 is 0 Å². The van der Waals surface area contributed by atoms with Crippen LogP contribution in [0.15, 0.2) is 77.3 Å². The van der Waals surface area contributed by atoms with E-state index in [9.17, 15) is 14.4 Å². The first-order chi connectivity index (χ1) is 16.4. The summed E-state index contributed by atoms with van der Waals surface area (Å²) in [6.07, 6.45) is 0.268. The van der Waals surface area contributed by atoms with Crippen LogP contribution in [0.3, 0.4) is 0 Å². The van der Waals surface area contributed by atoms with Crippen molar-refractivity contribution >= 4 is 5.78 Å². The van der Waals surface area contributed by atoms with Crippen LogP contribution in [-0.4, -0.2) is 10.9 Å². The van der Waals surface area contributed by atoms with Gasteiger partial charge in [-0.2, -0.15) is 5.26 Å². The van der Waals surface area contributed by atoms with Gasteiger partial charge >= 0.3 is 0 Å². The highest BCUT2D eigenvalue weighted by molar-refractivity contribution is 5.99. The van der Waals surface area contributed by atoms with E-state index in [0.717, 1.165) is 28.0 Å². The van der Waals surface area contributed by atoms with E-state index in [1.54, 1.807) is 18.2 Å². The van der Waals surface area contributed by atoms with Crippen LogP contribution in [0.2, 0.25) is 0 Å². The number of nitriles is 1. The molecule has 5 heteroatoms. The predicted molar refractivity (Wildman–Crippen MR) is 130 cm³/mol. The zero-order chi connectivity index (χ0) is 24.2. The van der Waals surface area contributed by atoms with E-state index in [-0.39, 0.29) is 29.9 Å². The summed E-state index contributed by atoms with van der Waals surface area (Å²) in [7, 11) is 0. The maximum Gasteiger partial charge on any atom is 0.163 e. The van der Waals surface area contributed by atoms with Gasteiger partial charge in [0.1, 0.15) is 17.3 Å². The minimum Gasteiger partial charge on any atom is -0.361 e. The molecule has 34 heavy (non-hydrogen) atoms. The number of halogens is 1. The topological polar surface area (TPSA) is 66.9 Å². The van der Waals surface area contributed by atoms with Crippen molar-refractivity contribution in [1.29, 1.82) is 5.26 Å². The molecule has 0 saturated heterocycles. The van der Waals surface area contributed by atoms with Crippen molar-refractivity contribution in [2.75, 3.05) is 0 Å². The fraction of sp³-hybridized carbons (Fsp3) is 0.207. The van der Waals surface area contributed by atoms with E-state index in [4.69, 9.17) is 4.52 Å². The van der Waals surface area contributed by atoms with E-state index in [2.05, 4.69) is 11.2 Å². The molecular weight excluding hydrogens is 427 g/mol. The molecule has 4 rings (SSSR count). The molecule has 0 aliphatic heterocycles. The molecule has 0 spiro atoms. The van der Waals surface area contributed by atoms with Gasteiger partial charge in [-0.1, -0.05) is 56.3 Å². The normalized spacial score (nSPS) is 11.9. The van der Waals surface area contributed by atoms with Crippen LogP contribution in [0.5, 0.6) is 0 Å². The SMILES string of the molecule is CC(C)c1cc(-c2cc(C(=O)CC(C)c3ccc(F)cc3)cc(-c3ccccc3C#N)c2)no1. The molecule has 1 aromatic heterocycles. The Balaban J connectivity index is 1.75. The zero-order valence-electron chi connectivity index (χ0n) is 19.4. The fourth-order valence-corrected chi connectivity index (χ4v) is 3.93. The van der Waals surface area contributed by atoms with Crippen molar-refractivity contribution in [3.05, 3.63) is 101 Å². The monoisotopic (exact) mass is 452 g/mol. The summed E-state index contributed by atoms with van der Waals surface area (Å²) in [4.78, 5) is 13.3. The second-order valence-electron chi connectivity index (χ2n) is 8.81. The lowest BCUT2D eigenvalue weighted by Crippen LogP contribution is -2.06. The van der Waals surface area contributed by atoms with Crippen molar-refractivity contribution in [2.45, 2.75) is 39.0 Å². The van der Waals surface area contributed by atoms with E-state index in [1.807, 2.05) is 63.2 Å². The largest absolute Gasteiger partial charge is 0.361 e. The van der Waals surface area contributed by atoms with Crippen LogP contribution in [0.4, 0.5) is 4.39 Å². The van der Waals surface area contributed by atoms with Gasteiger partial charge in [-0.25, -0.2) is 4.39 Å². The van der Waals surface area contributed by atoms with Gasteiger partial charge in [0.25, 0.3) is 0 Å². The number of benzene rings is 3. The van der Waals surface area contributed by atoms with Crippen molar-refractivity contribution in [2.24, 2.45) is 0 Å². The first-order valence-electron chi connectivity index (χ1n) is 11.3. The average molecular weight is 453 g/mol. The number of carbonyl (C=O) groups is 1. The first-order valence-corrected chi connectivity index (χ1v) is 11.3. The molecule has 0 saturated carbocycles. The third-order valence-corrected chi connectivity index (χ3v) is 5.94. The Morgan fingerprint density at radius 3 is 2.38 bits per heavy atom. The van der Waals surface area contributed by atoms with Gasteiger partial charge in [-0.3, -0.25) is 4.79 Å². The van der Waals surface area contributed by atoms with Crippen molar-refractivity contribution in [3.8, 4) is 28.5 Å². The average Bonchev–Trinajstić information content (AvgIpc) is 3.35. The highest BCUT2D eigenvalue weighted by Gasteiger charge is 2.18. The number of hydrogen-bond acceptors (Lipinski definition) is 4. The zero-order valence-corrected chi connectivity index (χ0v) is 19.4. The van der Waals surface area contributed by atoms with Gasteiger partial charge < -0.3 is 4.52 Å². The molecule has 3 aromatic carbocycles. The molecular formula is C29H25FN2O2. The molecule has 0 N–H and O–H groups in total. The maximum atomic E-state index is 13.3. The molecule has 0 fully saturated rings. The van der Waals surface area contributed by atoms with Gasteiger partial charge in [0, 0.05) is 29.5 Å². The Labute approximate surface area is 198 Å². The third-order valence-electron chi connectivity index (χ3n) is 5.94. The molecule has 4 aromatic rings. The number of ketones is 1. The lowest BCUT2D eigenvalue weighted by Gasteiger charge is -2.13. The fourth-order valence-electron chi connectivity index (χ4n) is 3.93. The third kappa shape index (κ3) is 4.97. The Hall–Kier alpha value is -4.04. The number of rotatable bonds is 7. The quantitative estimate of drug-likeness (QED) is 0.272. The van der Waals surface area contributed by atoms with Gasteiger partial charge in [0.2, 0.25) is 0 Å². The summed E-state index contributed by atoms with van der Waals surface area (Å²) in [5.41, 5.74) is 4.86. The summed E-state index contributed by atoms with van der Waals surface area (Å²) in [6, 6.07) is 23.2. The number of Topliss-reactive ketones (excluding diaryl/α,β-unsaturated/α-hetero) is 1. The van der Waals surface area contributed by atoms with Crippen LogP contribution < -0.4 is 0 Å². The molecule has 0 aliphatic rings. The predicted octanol–water partition coefficient (Wildman–Crippen LogP) is 7.52. The van der Waals surface area contributed by atoms with Gasteiger partial charge in [0.05, 0.1) is 11.6 Å². The number of carbonyl (C=O) groups excluding carboxylic acids is 1. The molecule has 4 nitrogen and oxygen atoms in total. The highest BCUT2D eigenvalue weighted by atomic mass is 19.1. The highest BCUT2D eigenvalue weighted by Crippen LogP contribution is 2.32. The van der Waals surface area contributed by atoms with Crippen LogP contribution in [0, 0.1) is 17.1 Å². The van der Waals surface area contributed by atoms with Crippen LogP contribution >= 0.6 is 0 Å². The van der Waals surface area contributed by atoms with Gasteiger partial charge in [-0.05, 0) is 59.0 Å². The molecule has 0 radical (unpaired) electrons. The standard InChI is InChI=1S/C29H25FN2O2/c1-18(2)29-16-27(32-34-29)23-13-22(26-7-5-4-6-21(26)17-31)14-24(15-23)28(33)12-19(3)20-8-10-25(30)11-9-20/h4-11,13-16,18-19H,12H2,1-3H3. The maximum absolute atomic E-state index is 13.3. The van der Waals surface area contributed by atoms with Crippen LogP contribution in [0.1, 0.15) is 66.3 Å². The summed E-state index contributed by atoms with van der Waals surface area (Å²) >= 11 is 0. The van der Waals surface area contributed by atoms with Crippen LogP contribution in [-0.2, 0) is 0 Å². The number of nitrogens with zero attached hydrogens (tertiary/aromatic N) is 2. The van der Waals surface area contributed by atoms with Crippen molar-refractivity contribution in [3.63, 3.8) is 0 Å². The van der Waals surface area contributed by atoms with E-state index in [1.165, 1.54) is 12.1 Å². The molecule has 1 unspecified atom stereocenters. The molecule has 0 aliphatic carbocycles. The molecule has 0 bridgehead atoms. The number of aromatic nitrogens is 1. The van der Waals surface area contributed by atoms with Crippen LogP contribution in [0.25, 0.3) is 22.4 Å².